The molecule has 18 heavy (non-hydrogen) atoms. The first kappa shape index (κ1) is 12.1. The fourth-order valence-corrected chi connectivity index (χ4v) is 1.31. The summed E-state index contributed by atoms with van der Waals surface area (Å²) >= 11 is 0. The average Bonchev–Trinajstić information content (AvgIpc) is 2.80. The molecule has 0 amide bonds. The third-order valence-corrected chi connectivity index (χ3v) is 2.19. The van der Waals surface area contributed by atoms with Crippen LogP contribution in [0.4, 0.5) is 8.78 Å². The largest absolute Gasteiger partial charge is 0.482 e. The van der Waals surface area contributed by atoms with Gasteiger partial charge in [-0.05, 0) is 18.2 Å². The second-order valence-electron chi connectivity index (χ2n) is 3.45. The average molecular weight is 254 g/mol. The van der Waals surface area contributed by atoms with Crippen LogP contribution in [0.1, 0.15) is 16.1 Å². The number of hydrogen-bond donors (Lipinski definition) is 1. The number of aromatic carboxylic acids is 1. The van der Waals surface area contributed by atoms with Crippen LogP contribution in [0.3, 0.4) is 0 Å². The van der Waals surface area contributed by atoms with Gasteiger partial charge in [-0.3, -0.25) is 0 Å². The summed E-state index contributed by atoms with van der Waals surface area (Å²) in [6.45, 7) is -0.187. The molecular weight excluding hydrogens is 246 g/mol. The molecule has 0 aliphatic rings. The summed E-state index contributed by atoms with van der Waals surface area (Å²) in [5.41, 5.74) is -0.0340. The van der Waals surface area contributed by atoms with E-state index in [9.17, 15) is 13.6 Å². The summed E-state index contributed by atoms with van der Waals surface area (Å²) < 4.78 is 36.0. The van der Waals surface area contributed by atoms with E-state index in [1.54, 1.807) is 0 Å². The zero-order valence-electron chi connectivity index (χ0n) is 9.02. The van der Waals surface area contributed by atoms with Gasteiger partial charge in [-0.1, -0.05) is 6.07 Å². The first-order chi connectivity index (χ1) is 8.58. The highest BCUT2D eigenvalue weighted by molar-refractivity contribution is 5.87. The highest BCUT2D eigenvalue weighted by Crippen LogP contribution is 2.20. The van der Waals surface area contributed by atoms with E-state index in [4.69, 9.17) is 14.3 Å². The summed E-state index contributed by atoms with van der Waals surface area (Å²) in [4.78, 5) is 10.6. The number of halogens is 2. The van der Waals surface area contributed by atoms with Crippen molar-refractivity contribution in [2.45, 2.75) is 6.61 Å². The van der Waals surface area contributed by atoms with Crippen molar-refractivity contribution in [3.05, 3.63) is 53.5 Å². The van der Waals surface area contributed by atoms with Crippen molar-refractivity contribution >= 4 is 5.97 Å². The van der Waals surface area contributed by atoms with Crippen LogP contribution in [0.5, 0.6) is 5.75 Å². The Hall–Kier alpha value is -2.37. The van der Waals surface area contributed by atoms with Gasteiger partial charge in [0.2, 0.25) is 5.82 Å². The number of benzene rings is 1. The third kappa shape index (κ3) is 2.48. The van der Waals surface area contributed by atoms with Crippen molar-refractivity contribution in [2.24, 2.45) is 0 Å². The fourth-order valence-electron chi connectivity index (χ4n) is 1.31. The Morgan fingerprint density at radius 3 is 2.83 bits per heavy atom. The summed E-state index contributed by atoms with van der Waals surface area (Å²) in [5.74, 6) is -3.30. The predicted octanol–water partition coefficient (Wildman–Crippen LogP) is 2.84. The number of carboxylic acid groups (broad SMARTS) is 1. The second kappa shape index (κ2) is 4.87. The lowest BCUT2D eigenvalue weighted by Gasteiger charge is -2.05. The number of ether oxygens (including phenoxy) is 1. The number of hydrogen-bond acceptors (Lipinski definition) is 3. The van der Waals surface area contributed by atoms with Crippen LogP contribution in [0.2, 0.25) is 0 Å². The number of rotatable bonds is 4. The molecule has 6 heteroatoms. The zero-order valence-corrected chi connectivity index (χ0v) is 9.02. The van der Waals surface area contributed by atoms with E-state index in [1.807, 2.05) is 0 Å². The Morgan fingerprint density at radius 2 is 2.17 bits per heavy atom. The molecule has 2 aromatic rings. The molecule has 0 radical (unpaired) electrons. The molecule has 0 aliphatic heterocycles. The molecule has 0 aliphatic carbocycles. The minimum absolute atomic E-state index is 0.0340. The monoisotopic (exact) mass is 254 g/mol. The van der Waals surface area contributed by atoms with Gasteiger partial charge >= 0.3 is 5.97 Å². The van der Waals surface area contributed by atoms with E-state index in [-0.39, 0.29) is 23.7 Å². The molecule has 2 rings (SSSR count). The smallest absolute Gasteiger partial charge is 0.338 e. The fraction of sp³-hybridized carbons (Fsp3) is 0.0833. The van der Waals surface area contributed by atoms with Gasteiger partial charge in [0.05, 0.1) is 5.56 Å². The Kier molecular flexibility index (Phi) is 3.27. The second-order valence-corrected chi connectivity index (χ2v) is 3.45. The summed E-state index contributed by atoms with van der Waals surface area (Å²) in [6.07, 6.45) is 1.04. The number of carboxylic acids is 1. The molecule has 4 nitrogen and oxygen atoms in total. The van der Waals surface area contributed by atoms with Gasteiger partial charge in [0, 0.05) is 0 Å². The lowest BCUT2D eigenvalue weighted by molar-refractivity contribution is 0.0696. The van der Waals surface area contributed by atoms with Crippen molar-refractivity contribution in [3.63, 3.8) is 0 Å². The van der Waals surface area contributed by atoms with E-state index in [1.165, 1.54) is 18.2 Å². The van der Waals surface area contributed by atoms with Crippen LogP contribution in [0.25, 0.3) is 0 Å². The summed E-state index contributed by atoms with van der Waals surface area (Å²) in [7, 11) is 0. The van der Waals surface area contributed by atoms with Gasteiger partial charge in [0.1, 0.15) is 18.6 Å². The maximum atomic E-state index is 13.2. The van der Waals surface area contributed by atoms with Gasteiger partial charge in [-0.25, -0.2) is 9.18 Å². The summed E-state index contributed by atoms with van der Waals surface area (Å²) in [6, 6.07) is 4.79. The van der Waals surface area contributed by atoms with Crippen LogP contribution in [0.15, 0.2) is 34.9 Å². The Balaban J connectivity index is 2.07. The van der Waals surface area contributed by atoms with Crippen molar-refractivity contribution in [1.29, 1.82) is 0 Å². The molecule has 0 saturated heterocycles. The topological polar surface area (TPSA) is 59.7 Å². The Labute approximate surface area is 100 Å². The molecule has 0 fully saturated rings. The maximum Gasteiger partial charge on any atom is 0.338 e. The van der Waals surface area contributed by atoms with Crippen LogP contribution >= 0.6 is 0 Å². The van der Waals surface area contributed by atoms with Gasteiger partial charge in [0.25, 0.3) is 0 Å². The third-order valence-electron chi connectivity index (χ3n) is 2.19. The van der Waals surface area contributed by atoms with Gasteiger partial charge in [-0.15, -0.1) is 0 Å². The van der Waals surface area contributed by atoms with Crippen LogP contribution in [0, 0.1) is 11.6 Å². The number of carbonyl (C=O) groups is 1. The van der Waals surface area contributed by atoms with E-state index in [0.717, 1.165) is 12.3 Å². The van der Waals surface area contributed by atoms with Gasteiger partial charge in [0.15, 0.2) is 11.6 Å². The molecule has 0 atom stereocenters. The lowest BCUT2D eigenvalue weighted by atomic mass is 10.3. The predicted molar refractivity (Wildman–Crippen MR) is 56.4 cm³/mol. The molecule has 1 aromatic carbocycles. The van der Waals surface area contributed by atoms with Crippen molar-refractivity contribution in [3.8, 4) is 5.75 Å². The Bertz CT molecular complexity index is 577. The van der Waals surface area contributed by atoms with Crippen LogP contribution in [-0.4, -0.2) is 11.1 Å². The molecule has 0 saturated carbocycles. The van der Waals surface area contributed by atoms with Gasteiger partial charge in [-0.2, -0.15) is 4.39 Å². The standard InChI is InChI=1S/C12H8F2O4/c13-9-2-1-3-10(11(9)14)18-6-8-4-7(5-17-8)12(15)16/h1-5H,6H2,(H,15,16). The lowest BCUT2D eigenvalue weighted by Crippen LogP contribution is -1.98. The van der Waals surface area contributed by atoms with Crippen molar-refractivity contribution in [1.82, 2.24) is 0 Å². The zero-order chi connectivity index (χ0) is 13.1. The maximum absolute atomic E-state index is 13.2. The molecule has 1 aromatic heterocycles. The minimum Gasteiger partial charge on any atom is -0.482 e. The first-order valence-corrected chi connectivity index (χ1v) is 4.95. The molecule has 94 valence electrons. The molecule has 0 spiro atoms. The number of furan rings is 1. The minimum atomic E-state index is -1.14. The molecule has 1 heterocycles. The first-order valence-electron chi connectivity index (χ1n) is 4.95. The molecule has 0 unspecified atom stereocenters. The van der Waals surface area contributed by atoms with Crippen LogP contribution < -0.4 is 4.74 Å². The van der Waals surface area contributed by atoms with E-state index < -0.39 is 17.6 Å². The molecule has 1 N–H and O–H groups in total. The molecular formula is C12H8F2O4. The Morgan fingerprint density at radius 1 is 1.39 bits per heavy atom. The summed E-state index contributed by atoms with van der Waals surface area (Å²) in [5, 5.41) is 8.65. The highest BCUT2D eigenvalue weighted by atomic mass is 19.2. The van der Waals surface area contributed by atoms with E-state index in [0.29, 0.717) is 0 Å². The van der Waals surface area contributed by atoms with E-state index in [2.05, 4.69) is 0 Å². The quantitative estimate of drug-likeness (QED) is 0.911. The SMILES string of the molecule is O=C(O)c1coc(COc2cccc(F)c2F)c1. The van der Waals surface area contributed by atoms with Crippen molar-refractivity contribution in [2.75, 3.05) is 0 Å². The molecule has 0 bridgehead atoms. The highest BCUT2D eigenvalue weighted by Gasteiger charge is 2.11. The van der Waals surface area contributed by atoms with E-state index >= 15 is 0 Å². The normalized spacial score (nSPS) is 10.3. The van der Waals surface area contributed by atoms with Crippen LogP contribution in [-0.2, 0) is 6.61 Å². The van der Waals surface area contributed by atoms with Gasteiger partial charge < -0.3 is 14.3 Å². The van der Waals surface area contributed by atoms with Crippen molar-refractivity contribution < 1.29 is 27.8 Å².